The number of carbonyl (C=O) groups excluding carboxylic acids is 1. The molecule has 2 aromatic carbocycles. The number of aryl methyl sites for hydroxylation is 1. The number of benzene rings is 2. The average Bonchev–Trinajstić information content (AvgIpc) is 3.74. The highest BCUT2D eigenvalue weighted by Crippen LogP contribution is 2.31. The smallest absolute Gasteiger partial charge is 0.297 e. The van der Waals surface area contributed by atoms with E-state index < -0.39 is 5.92 Å². The third-order valence-corrected chi connectivity index (χ3v) is 7.64. The van der Waals surface area contributed by atoms with E-state index in [1.807, 2.05) is 43.3 Å². The number of carbonyl (C=O) groups is 1. The number of alkyl halides is 2. The second-order valence-corrected chi connectivity index (χ2v) is 10.9. The first-order chi connectivity index (χ1) is 18.7. The van der Waals surface area contributed by atoms with Crippen LogP contribution in [0.5, 0.6) is 0 Å². The fraction of sp³-hybridized carbons (Fsp3) is 0.433. The zero-order valence-electron chi connectivity index (χ0n) is 22.4. The van der Waals surface area contributed by atoms with Crippen LogP contribution in [0.15, 0.2) is 65.7 Å². The Hall–Kier alpha value is -3.59. The van der Waals surface area contributed by atoms with Crippen LogP contribution in [0.1, 0.15) is 60.1 Å². The Labute approximate surface area is 227 Å². The zero-order valence-corrected chi connectivity index (χ0v) is 22.4. The quantitative estimate of drug-likeness (QED) is 0.405. The number of hydrogen-bond acceptors (Lipinski definition) is 5. The van der Waals surface area contributed by atoms with Gasteiger partial charge in [0.2, 0.25) is 0 Å². The maximum absolute atomic E-state index is 13.7. The topological polar surface area (TPSA) is 79.3 Å². The van der Waals surface area contributed by atoms with E-state index in [1.54, 1.807) is 24.5 Å². The second-order valence-electron chi connectivity index (χ2n) is 10.9. The summed E-state index contributed by atoms with van der Waals surface area (Å²) >= 11 is 0. The maximum atomic E-state index is 13.7. The van der Waals surface area contributed by atoms with Gasteiger partial charge in [0.05, 0.1) is 11.7 Å². The minimum absolute atomic E-state index is 0.00478. The maximum Gasteiger partial charge on any atom is 0.297 e. The van der Waals surface area contributed by atoms with Gasteiger partial charge in [0, 0.05) is 56.5 Å². The average molecular weight is 536 g/mol. The molecular formula is C30H35F2N5O2. The summed E-state index contributed by atoms with van der Waals surface area (Å²) in [6.45, 7) is 5.26. The summed E-state index contributed by atoms with van der Waals surface area (Å²) < 4.78 is 28.9. The molecule has 5 rings (SSSR count). The zero-order chi connectivity index (χ0) is 27.6. The van der Waals surface area contributed by atoms with Crippen molar-refractivity contribution >= 4 is 11.7 Å². The number of nitrogens with zero attached hydrogens (tertiary/aromatic N) is 3. The fourth-order valence-electron chi connectivity index (χ4n) is 5.14. The van der Waals surface area contributed by atoms with E-state index in [4.69, 9.17) is 0 Å². The van der Waals surface area contributed by atoms with E-state index in [-0.39, 0.29) is 48.1 Å². The monoisotopic (exact) mass is 535 g/mol. The predicted molar refractivity (Wildman–Crippen MR) is 148 cm³/mol. The van der Waals surface area contributed by atoms with E-state index in [9.17, 15) is 18.4 Å². The molecular weight excluding hydrogens is 500 g/mol. The van der Waals surface area contributed by atoms with Crippen molar-refractivity contribution in [3.8, 4) is 5.69 Å². The number of amides is 1. The summed E-state index contributed by atoms with van der Waals surface area (Å²) in [5, 5.41) is 6.36. The molecule has 2 atom stereocenters. The van der Waals surface area contributed by atoms with E-state index in [0.29, 0.717) is 30.9 Å². The van der Waals surface area contributed by atoms with Gasteiger partial charge in [-0.05, 0) is 48.9 Å². The number of piperidine rings is 1. The van der Waals surface area contributed by atoms with E-state index >= 15 is 0 Å². The van der Waals surface area contributed by atoms with E-state index in [1.165, 1.54) is 4.57 Å². The third kappa shape index (κ3) is 6.53. The molecule has 2 aliphatic rings. The largest absolute Gasteiger partial charge is 0.358 e. The number of rotatable bonds is 9. The number of aromatic nitrogens is 2. The molecule has 206 valence electrons. The lowest BCUT2D eigenvalue weighted by atomic mass is 9.93. The molecule has 39 heavy (non-hydrogen) atoms. The van der Waals surface area contributed by atoms with Crippen LogP contribution >= 0.6 is 0 Å². The summed E-state index contributed by atoms with van der Waals surface area (Å²) in [7, 11) is 0. The SMILES string of the molecule is Cc1ccc(C(=O)NC2CC2)cc1-n1ccnc(N[C@@H](c2ccccc2)[C@@H](C)CN2CCC(F)(F)CC2)c1=O. The third-order valence-electron chi connectivity index (χ3n) is 7.64. The fourth-order valence-corrected chi connectivity index (χ4v) is 5.14. The van der Waals surface area contributed by atoms with Crippen molar-refractivity contribution < 1.29 is 13.6 Å². The minimum Gasteiger partial charge on any atom is -0.358 e. The molecule has 0 unspecified atom stereocenters. The summed E-state index contributed by atoms with van der Waals surface area (Å²) in [4.78, 5) is 32.8. The van der Waals surface area contributed by atoms with Gasteiger partial charge in [0.15, 0.2) is 5.82 Å². The molecule has 1 amide bonds. The van der Waals surface area contributed by atoms with Crippen LogP contribution < -0.4 is 16.2 Å². The van der Waals surface area contributed by atoms with Crippen LogP contribution in [0, 0.1) is 12.8 Å². The van der Waals surface area contributed by atoms with Gasteiger partial charge in [-0.3, -0.25) is 14.2 Å². The first-order valence-electron chi connectivity index (χ1n) is 13.6. The van der Waals surface area contributed by atoms with Crippen LogP contribution in [-0.2, 0) is 0 Å². The number of nitrogens with one attached hydrogen (secondary N) is 2. The highest BCUT2D eigenvalue weighted by Gasteiger charge is 2.35. The lowest BCUT2D eigenvalue weighted by Gasteiger charge is -2.35. The number of halogens is 2. The first kappa shape index (κ1) is 27.0. The molecule has 1 aliphatic carbocycles. The molecule has 0 spiro atoms. The molecule has 2 N–H and O–H groups in total. The number of likely N-dealkylation sites (tertiary alicyclic amines) is 1. The van der Waals surface area contributed by atoms with Crippen LogP contribution in [0.2, 0.25) is 0 Å². The van der Waals surface area contributed by atoms with Crippen molar-refractivity contribution in [2.75, 3.05) is 25.0 Å². The van der Waals surface area contributed by atoms with Gasteiger partial charge >= 0.3 is 0 Å². The lowest BCUT2D eigenvalue weighted by Crippen LogP contribution is -2.42. The van der Waals surface area contributed by atoms with E-state index in [0.717, 1.165) is 24.0 Å². The van der Waals surface area contributed by atoms with Crippen LogP contribution in [0.3, 0.4) is 0 Å². The molecule has 3 aromatic rings. The normalized spacial score (nSPS) is 18.8. The van der Waals surface area contributed by atoms with Gasteiger partial charge in [-0.25, -0.2) is 13.8 Å². The van der Waals surface area contributed by atoms with Gasteiger partial charge in [-0.2, -0.15) is 0 Å². The molecule has 9 heteroatoms. The van der Waals surface area contributed by atoms with E-state index in [2.05, 4.69) is 27.4 Å². The number of anilines is 1. The lowest BCUT2D eigenvalue weighted by molar-refractivity contribution is -0.0573. The van der Waals surface area contributed by atoms with Crippen molar-refractivity contribution in [2.24, 2.45) is 5.92 Å². The Morgan fingerprint density at radius 3 is 2.54 bits per heavy atom. The minimum atomic E-state index is -2.59. The molecule has 1 saturated carbocycles. The van der Waals surface area contributed by atoms with Gasteiger partial charge < -0.3 is 15.5 Å². The Bertz CT molecular complexity index is 1360. The van der Waals surface area contributed by atoms with Gasteiger partial charge in [0.1, 0.15) is 0 Å². The summed E-state index contributed by atoms with van der Waals surface area (Å²) in [6.07, 6.45) is 4.90. The van der Waals surface area contributed by atoms with Crippen molar-refractivity contribution in [3.05, 3.63) is 88.0 Å². The standard InChI is InChI=1S/C30H35F2N5O2/c1-20-8-9-23(28(38)34-24-10-11-24)18-25(20)37-17-14-33-27(29(37)39)35-26(22-6-4-3-5-7-22)21(2)19-36-15-12-30(31,32)13-16-36/h3-9,14,17-18,21,24,26H,10-13,15-16,19H2,1-2H3,(H,33,35)(H,34,38)/t21-,26+/m0/s1. The second kappa shape index (κ2) is 11.3. The summed E-state index contributed by atoms with van der Waals surface area (Å²) in [5.41, 5.74) is 2.63. The molecule has 2 fully saturated rings. The van der Waals surface area contributed by atoms with Gasteiger partial charge in [-0.15, -0.1) is 0 Å². The molecule has 0 bridgehead atoms. The summed E-state index contributed by atoms with van der Waals surface area (Å²) in [5.74, 6) is -2.54. The molecule has 0 radical (unpaired) electrons. The van der Waals surface area contributed by atoms with Gasteiger partial charge in [-0.1, -0.05) is 43.3 Å². The Balaban J connectivity index is 1.41. The predicted octanol–water partition coefficient (Wildman–Crippen LogP) is 4.95. The van der Waals surface area contributed by atoms with Crippen LogP contribution in [0.25, 0.3) is 5.69 Å². The number of hydrogen-bond donors (Lipinski definition) is 2. The van der Waals surface area contributed by atoms with Crippen molar-refractivity contribution in [1.29, 1.82) is 0 Å². The molecule has 7 nitrogen and oxygen atoms in total. The van der Waals surface area contributed by atoms with Crippen molar-refractivity contribution in [2.45, 2.75) is 57.5 Å². The van der Waals surface area contributed by atoms with Crippen LogP contribution in [-0.4, -0.2) is 52.0 Å². The van der Waals surface area contributed by atoms with Gasteiger partial charge in [0.25, 0.3) is 17.4 Å². The summed E-state index contributed by atoms with van der Waals surface area (Å²) in [6, 6.07) is 15.1. The molecule has 1 aliphatic heterocycles. The molecule has 1 aromatic heterocycles. The Kier molecular flexibility index (Phi) is 7.79. The first-order valence-corrected chi connectivity index (χ1v) is 13.6. The highest BCUT2D eigenvalue weighted by molar-refractivity contribution is 5.95. The van der Waals surface area contributed by atoms with Crippen molar-refractivity contribution in [3.63, 3.8) is 0 Å². The Morgan fingerprint density at radius 1 is 1.13 bits per heavy atom. The molecule has 2 heterocycles. The molecule has 1 saturated heterocycles. The highest BCUT2D eigenvalue weighted by atomic mass is 19.3. The Morgan fingerprint density at radius 2 is 1.85 bits per heavy atom. The van der Waals surface area contributed by atoms with Crippen LogP contribution in [0.4, 0.5) is 14.6 Å². The van der Waals surface area contributed by atoms with Crippen molar-refractivity contribution in [1.82, 2.24) is 19.8 Å².